The summed E-state index contributed by atoms with van der Waals surface area (Å²) in [5, 5.41) is 2.90. The van der Waals surface area contributed by atoms with Crippen LogP contribution in [0.25, 0.3) is 0 Å². The van der Waals surface area contributed by atoms with Crippen molar-refractivity contribution in [1.82, 2.24) is 5.32 Å². The molecular formula is C9H15NO3. The predicted molar refractivity (Wildman–Crippen MR) is 47.9 cm³/mol. The smallest absolute Gasteiger partial charge is 0.349 e. The lowest BCUT2D eigenvalue weighted by Crippen LogP contribution is -2.39. The summed E-state index contributed by atoms with van der Waals surface area (Å²) in [6.45, 7) is 5.95. The molecule has 0 aromatic heterocycles. The summed E-state index contributed by atoms with van der Waals surface area (Å²) in [7, 11) is 0. The minimum Gasteiger partial charge on any atom is -0.483 e. The Hall–Kier alpha value is -1.19. The number of nitrogens with one attached hydrogen (secondary N) is 1. The average Bonchev–Trinajstić information content (AvgIpc) is 2.03. The molecule has 1 atom stereocenters. The predicted octanol–water partition coefficient (Wildman–Crippen LogP) is 0.788. The molecule has 1 unspecified atom stereocenters. The zero-order valence-corrected chi connectivity index (χ0v) is 8.16. The van der Waals surface area contributed by atoms with E-state index in [1.54, 1.807) is 6.20 Å². The van der Waals surface area contributed by atoms with E-state index in [1.165, 1.54) is 6.26 Å². The number of ether oxygens (including phenoxy) is 2. The second kappa shape index (κ2) is 3.68. The third-order valence-electron chi connectivity index (χ3n) is 1.40. The maximum absolute atomic E-state index is 11.4. The molecule has 1 rings (SSSR count). The number of esters is 1. The van der Waals surface area contributed by atoms with Crippen molar-refractivity contribution in [3.63, 3.8) is 0 Å². The SMILES string of the molecule is CC(C)(C)OC(=O)C1CNC=CO1. The van der Waals surface area contributed by atoms with Crippen molar-refractivity contribution in [2.75, 3.05) is 6.54 Å². The first-order chi connectivity index (χ1) is 5.99. The van der Waals surface area contributed by atoms with Crippen molar-refractivity contribution < 1.29 is 14.3 Å². The first kappa shape index (κ1) is 9.89. The van der Waals surface area contributed by atoms with Crippen molar-refractivity contribution in [3.05, 3.63) is 12.5 Å². The normalized spacial score (nSPS) is 21.6. The van der Waals surface area contributed by atoms with Gasteiger partial charge in [0.05, 0.1) is 12.8 Å². The Morgan fingerprint density at radius 1 is 1.62 bits per heavy atom. The molecule has 74 valence electrons. The maximum atomic E-state index is 11.4. The minimum absolute atomic E-state index is 0.329. The average molecular weight is 185 g/mol. The molecule has 1 aliphatic heterocycles. The molecule has 1 N–H and O–H groups in total. The van der Waals surface area contributed by atoms with E-state index in [0.717, 1.165) is 0 Å². The van der Waals surface area contributed by atoms with E-state index in [1.807, 2.05) is 20.8 Å². The third-order valence-corrected chi connectivity index (χ3v) is 1.40. The van der Waals surface area contributed by atoms with Crippen LogP contribution in [-0.4, -0.2) is 24.2 Å². The molecule has 0 saturated heterocycles. The summed E-state index contributed by atoms with van der Waals surface area (Å²) < 4.78 is 10.2. The fourth-order valence-electron chi connectivity index (χ4n) is 0.912. The van der Waals surface area contributed by atoms with E-state index in [0.29, 0.717) is 6.54 Å². The van der Waals surface area contributed by atoms with Crippen LogP contribution in [-0.2, 0) is 14.3 Å². The highest BCUT2D eigenvalue weighted by Crippen LogP contribution is 2.10. The molecule has 0 saturated carbocycles. The van der Waals surface area contributed by atoms with Gasteiger partial charge in [-0.05, 0) is 20.8 Å². The van der Waals surface area contributed by atoms with E-state index < -0.39 is 11.7 Å². The van der Waals surface area contributed by atoms with Gasteiger partial charge in [-0.15, -0.1) is 0 Å². The number of hydrogen-bond acceptors (Lipinski definition) is 4. The van der Waals surface area contributed by atoms with Gasteiger partial charge < -0.3 is 14.8 Å². The van der Waals surface area contributed by atoms with Crippen LogP contribution in [0.15, 0.2) is 12.5 Å². The first-order valence-corrected chi connectivity index (χ1v) is 4.26. The number of hydrogen-bond donors (Lipinski definition) is 1. The van der Waals surface area contributed by atoms with Crippen molar-refractivity contribution >= 4 is 5.97 Å². The van der Waals surface area contributed by atoms with E-state index in [9.17, 15) is 4.79 Å². The highest BCUT2D eigenvalue weighted by atomic mass is 16.6. The largest absolute Gasteiger partial charge is 0.483 e. The van der Waals surface area contributed by atoms with E-state index >= 15 is 0 Å². The van der Waals surface area contributed by atoms with Crippen LogP contribution in [0.4, 0.5) is 0 Å². The third kappa shape index (κ3) is 3.36. The fourth-order valence-corrected chi connectivity index (χ4v) is 0.912. The summed E-state index contributed by atoms with van der Waals surface area (Å²) in [4.78, 5) is 11.4. The molecule has 0 fully saturated rings. The maximum Gasteiger partial charge on any atom is 0.349 e. The Morgan fingerprint density at radius 3 is 2.77 bits per heavy atom. The molecule has 1 aliphatic rings. The summed E-state index contributed by atoms with van der Waals surface area (Å²) in [6.07, 6.45) is 2.59. The molecule has 0 amide bonds. The molecule has 0 bridgehead atoms. The molecule has 1 heterocycles. The zero-order valence-electron chi connectivity index (χ0n) is 8.16. The van der Waals surface area contributed by atoms with Crippen LogP contribution in [0, 0.1) is 0 Å². The zero-order chi connectivity index (χ0) is 9.90. The van der Waals surface area contributed by atoms with Gasteiger partial charge in [0, 0.05) is 6.20 Å². The highest BCUT2D eigenvalue weighted by molar-refractivity contribution is 5.75. The monoisotopic (exact) mass is 185 g/mol. The van der Waals surface area contributed by atoms with Gasteiger partial charge in [0.2, 0.25) is 6.10 Å². The van der Waals surface area contributed by atoms with E-state index in [4.69, 9.17) is 9.47 Å². The Balaban J connectivity index is 2.43. The molecule has 0 aliphatic carbocycles. The van der Waals surface area contributed by atoms with Crippen LogP contribution in [0.2, 0.25) is 0 Å². The molecule has 4 nitrogen and oxygen atoms in total. The first-order valence-electron chi connectivity index (χ1n) is 4.26. The van der Waals surface area contributed by atoms with E-state index in [2.05, 4.69) is 5.32 Å². The highest BCUT2D eigenvalue weighted by Gasteiger charge is 2.26. The Morgan fingerprint density at radius 2 is 2.31 bits per heavy atom. The van der Waals surface area contributed by atoms with Crippen molar-refractivity contribution in [2.45, 2.75) is 32.5 Å². The molecule has 0 radical (unpaired) electrons. The molecule has 0 aromatic rings. The van der Waals surface area contributed by atoms with Crippen LogP contribution in [0.1, 0.15) is 20.8 Å². The lowest BCUT2D eigenvalue weighted by atomic mass is 10.2. The van der Waals surface area contributed by atoms with Crippen LogP contribution in [0.3, 0.4) is 0 Å². The van der Waals surface area contributed by atoms with Gasteiger partial charge in [-0.25, -0.2) is 4.79 Å². The lowest BCUT2D eigenvalue weighted by Gasteiger charge is -2.24. The van der Waals surface area contributed by atoms with Gasteiger partial charge in [-0.1, -0.05) is 0 Å². The van der Waals surface area contributed by atoms with Crippen molar-refractivity contribution in [3.8, 4) is 0 Å². The second-order valence-corrected chi connectivity index (χ2v) is 3.87. The molecular weight excluding hydrogens is 170 g/mol. The summed E-state index contributed by atoms with van der Waals surface area (Å²) in [5.41, 5.74) is -0.457. The molecule has 4 heteroatoms. The van der Waals surface area contributed by atoms with Crippen LogP contribution >= 0.6 is 0 Å². The second-order valence-electron chi connectivity index (χ2n) is 3.87. The van der Waals surface area contributed by atoms with Gasteiger partial charge in [0.15, 0.2) is 0 Å². The quantitative estimate of drug-likeness (QED) is 0.613. The summed E-state index contributed by atoms with van der Waals surface area (Å²) >= 11 is 0. The van der Waals surface area contributed by atoms with Gasteiger partial charge in [-0.2, -0.15) is 0 Å². The molecule has 0 spiro atoms. The number of carbonyl (C=O) groups excluding carboxylic acids is 1. The van der Waals surface area contributed by atoms with E-state index in [-0.39, 0.29) is 5.97 Å². The van der Waals surface area contributed by atoms with Crippen molar-refractivity contribution in [1.29, 1.82) is 0 Å². The Labute approximate surface area is 77.9 Å². The van der Waals surface area contributed by atoms with Crippen molar-refractivity contribution in [2.24, 2.45) is 0 Å². The van der Waals surface area contributed by atoms with Crippen LogP contribution in [0.5, 0.6) is 0 Å². The topological polar surface area (TPSA) is 47.6 Å². The van der Waals surface area contributed by atoms with Gasteiger partial charge >= 0.3 is 5.97 Å². The summed E-state index contributed by atoms with van der Waals surface area (Å²) in [5.74, 6) is -0.329. The Kier molecular flexibility index (Phi) is 2.80. The van der Waals surface area contributed by atoms with Crippen LogP contribution < -0.4 is 5.32 Å². The molecule has 0 aromatic carbocycles. The lowest BCUT2D eigenvalue weighted by molar-refractivity contribution is -0.165. The van der Waals surface area contributed by atoms with Gasteiger partial charge in [0.25, 0.3) is 0 Å². The fraction of sp³-hybridized carbons (Fsp3) is 0.667. The summed E-state index contributed by atoms with van der Waals surface area (Å²) in [6, 6.07) is 0. The van der Waals surface area contributed by atoms with Gasteiger partial charge in [-0.3, -0.25) is 0 Å². The number of carbonyl (C=O) groups is 1. The number of rotatable bonds is 1. The standard InChI is InChI=1S/C9H15NO3/c1-9(2,3)13-8(11)7-6-10-4-5-12-7/h4-5,7,10H,6H2,1-3H3. The van der Waals surface area contributed by atoms with Gasteiger partial charge in [0.1, 0.15) is 5.60 Å². The molecule has 13 heavy (non-hydrogen) atoms. The minimum atomic E-state index is -0.524. The Bertz CT molecular complexity index is 217.